The van der Waals surface area contributed by atoms with Gasteiger partial charge in [0, 0.05) is 19.1 Å². The molecule has 2 atom stereocenters. The van der Waals surface area contributed by atoms with E-state index in [4.69, 9.17) is 15.2 Å². The molecule has 1 aliphatic rings. The Morgan fingerprint density at radius 1 is 1.24 bits per heavy atom. The van der Waals surface area contributed by atoms with E-state index in [2.05, 4.69) is 11.8 Å². The molecule has 1 aromatic rings. The zero-order chi connectivity index (χ0) is 15.1. The molecule has 1 fully saturated rings. The molecule has 4 nitrogen and oxygen atoms in total. The quantitative estimate of drug-likeness (QED) is 0.839. The fraction of sp³-hybridized carbons (Fsp3) is 0.647. The second kappa shape index (κ2) is 8.25. The highest BCUT2D eigenvalue weighted by Crippen LogP contribution is 2.19. The van der Waals surface area contributed by atoms with E-state index in [9.17, 15) is 0 Å². The summed E-state index contributed by atoms with van der Waals surface area (Å²) >= 11 is 0. The van der Waals surface area contributed by atoms with Crippen LogP contribution in [0.1, 0.15) is 26.7 Å². The fourth-order valence-corrected chi connectivity index (χ4v) is 2.81. The second-order valence-electron chi connectivity index (χ2n) is 5.81. The molecule has 21 heavy (non-hydrogen) atoms. The molecular formula is C17H28N2O2. The van der Waals surface area contributed by atoms with Crippen molar-refractivity contribution < 1.29 is 9.47 Å². The van der Waals surface area contributed by atoms with Gasteiger partial charge >= 0.3 is 0 Å². The monoisotopic (exact) mass is 292 g/mol. The van der Waals surface area contributed by atoms with E-state index < -0.39 is 0 Å². The first-order valence-corrected chi connectivity index (χ1v) is 8.02. The smallest absolute Gasteiger partial charge is 0.119 e. The van der Waals surface area contributed by atoms with Crippen LogP contribution in [0.3, 0.4) is 0 Å². The van der Waals surface area contributed by atoms with Gasteiger partial charge in [0.2, 0.25) is 0 Å². The van der Waals surface area contributed by atoms with Crippen molar-refractivity contribution in [1.29, 1.82) is 0 Å². The van der Waals surface area contributed by atoms with E-state index in [1.165, 1.54) is 12.8 Å². The SMILES string of the molecule is CCOc1ccc(OCCN2CCCC(C(C)N)C2)cc1. The van der Waals surface area contributed by atoms with Crippen molar-refractivity contribution in [3.63, 3.8) is 0 Å². The van der Waals surface area contributed by atoms with Gasteiger partial charge in [-0.25, -0.2) is 0 Å². The van der Waals surface area contributed by atoms with Crippen LogP contribution in [0.15, 0.2) is 24.3 Å². The predicted molar refractivity (Wildman–Crippen MR) is 85.9 cm³/mol. The molecular weight excluding hydrogens is 264 g/mol. The third-order valence-electron chi connectivity index (χ3n) is 4.10. The molecule has 0 spiro atoms. The van der Waals surface area contributed by atoms with Crippen molar-refractivity contribution >= 4 is 0 Å². The first kappa shape index (κ1) is 16.1. The van der Waals surface area contributed by atoms with Crippen LogP contribution < -0.4 is 15.2 Å². The molecule has 2 unspecified atom stereocenters. The number of ether oxygens (including phenoxy) is 2. The minimum Gasteiger partial charge on any atom is -0.494 e. The van der Waals surface area contributed by atoms with E-state index in [-0.39, 0.29) is 0 Å². The Kier molecular flexibility index (Phi) is 6.33. The van der Waals surface area contributed by atoms with Gasteiger partial charge in [0.25, 0.3) is 0 Å². The molecule has 2 N–H and O–H groups in total. The molecule has 1 saturated heterocycles. The molecule has 0 bridgehead atoms. The number of piperidine rings is 1. The molecule has 0 aromatic heterocycles. The Morgan fingerprint density at radius 2 is 1.90 bits per heavy atom. The predicted octanol–water partition coefficient (Wildman–Crippen LogP) is 2.52. The van der Waals surface area contributed by atoms with Gasteiger partial charge in [-0.15, -0.1) is 0 Å². The zero-order valence-corrected chi connectivity index (χ0v) is 13.3. The summed E-state index contributed by atoms with van der Waals surface area (Å²) in [5.74, 6) is 2.42. The maximum Gasteiger partial charge on any atom is 0.119 e. The normalized spacial score (nSPS) is 21.0. The fourth-order valence-electron chi connectivity index (χ4n) is 2.81. The average Bonchev–Trinajstić information content (AvgIpc) is 2.50. The van der Waals surface area contributed by atoms with Crippen molar-refractivity contribution in [3.05, 3.63) is 24.3 Å². The number of nitrogens with two attached hydrogens (primary N) is 1. The number of rotatable bonds is 7. The molecule has 2 rings (SSSR count). The first-order chi connectivity index (χ1) is 10.2. The molecule has 1 aliphatic heterocycles. The van der Waals surface area contributed by atoms with Crippen molar-refractivity contribution in [2.45, 2.75) is 32.7 Å². The third-order valence-corrected chi connectivity index (χ3v) is 4.10. The molecule has 1 heterocycles. The number of hydrogen-bond acceptors (Lipinski definition) is 4. The molecule has 0 amide bonds. The van der Waals surface area contributed by atoms with Gasteiger partial charge in [0.15, 0.2) is 0 Å². The third kappa shape index (κ3) is 5.21. The summed E-state index contributed by atoms with van der Waals surface area (Å²) in [7, 11) is 0. The average molecular weight is 292 g/mol. The lowest BCUT2D eigenvalue weighted by molar-refractivity contribution is 0.137. The number of benzene rings is 1. The van der Waals surface area contributed by atoms with Gasteiger partial charge in [-0.05, 0) is 63.4 Å². The largest absolute Gasteiger partial charge is 0.494 e. The van der Waals surface area contributed by atoms with Crippen LogP contribution in [0.5, 0.6) is 11.5 Å². The van der Waals surface area contributed by atoms with Crippen LogP contribution in [0.2, 0.25) is 0 Å². The Labute approximate surface area is 128 Å². The minimum atomic E-state index is 0.292. The number of likely N-dealkylation sites (tertiary alicyclic amines) is 1. The van der Waals surface area contributed by atoms with E-state index >= 15 is 0 Å². The van der Waals surface area contributed by atoms with Crippen LogP contribution >= 0.6 is 0 Å². The lowest BCUT2D eigenvalue weighted by Gasteiger charge is -2.34. The van der Waals surface area contributed by atoms with Gasteiger partial charge in [0.1, 0.15) is 18.1 Å². The summed E-state index contributed by atoms with van der Waals surface area (Å²) in [6.45, 7) is 8.75. The van der Waals surface area contributed by atoms with Crippen LogP contribution in [0.25, 0.3) is 0 Å². The Balaban J connectivity index is 1.71. The van der Waals surface area contributed by atoms with E-state index in [1.54, 1.807) is 0 Å². The maximum atomic E-state index is 6.02. The highest BCUT2D eigenvalue weighted by Gasteiger charge is 2.22. The van der Waals surface area contributed by atoms with Gasteiger partial charge in [0.05, 0.1) is 6.61 Å². The summed E-state index contributed by atoms with van der Waals surface area (Å²) in [5.41, 5.74) is 6.02. The van der Waals surface area contributed by atoms with Gasteiger partial charge in [-0.1, -0.05) is 0 Å². The van der Waals surface area contributed by atoms with Crippen LogP contribution in [0.4, 0.5) is 0 Å². The summed E-state index contributed by atoms with van der Waals surface area (Å²) in [5, 5.41) is 0. The highest BCUT2D eigenvalue weighted by atomic mass is 16.5. The lowest BCUT2D eigenvalue weighted by atomic mass is 9.92. The van der Waals surface area contributed by atoms with Crippen molar-refractivity contribution in [2.75, 3.05) is 32.8 Å². The summed E-state index contributed by atoms with van der Waals surface area (Å²) in [4.78, 5) is 2.46. The lowest BCUT2D eigenvalue weighted by Crippen LogP contribution is -2.43. The summed E-state index contributed by atoms with van der Waals surface area (Å²) in [6.07, 6.45) is 2.50. The number of hydrogen-bond donors (Lipinski definition) is 1. The summed E-state index contributed by atoms with van der Waals surface area (Å²) < 4.78 is 11.2. The second-order valence-corrected chi connectivity index (χ2v) is 5.81. The molecule has 118 valence electrons. The molecule has 0 saturated carbocycles. The zero-order valence-electron chi connectivity index (χ0n) is 13.3. The van der Waals surface area contributed by atoms with E-state index in [0.29, 0.717) is 18.6 Å². The maximum absolute atomic E-state index is 6.02. The molecule has 0 radical (unpaired) electrons. The molecule has 4 heteroatoms. The number of nitrogens with zero attached hydrogens (tertiary/aromatic N) is 1. The Bertz CT molecular complexity index is 406. The van der Waals surface area contributed by atoms with Gasteiger partial charge in [-0.2, -0.15) is 0 Å². The highest BCUT2D eigenvalue weighted by molar-refractivity contribution is 5.31. The Hall–Kier alpha value is -1.26. The van der Waals surface area contributed by atoms with Crippen molar-refractivity contribution in [1.82, 2.24) is 4.90 Å². The standard InChI is InChI=1S/C17H28N2O2/c1-3-20-16-6-8-17(9-7-16)21-12-11-19-10-4-5-15(13-19)14(2)18/h6-9,14-15H,3-5,10-13,18H2,1-2H3. The van der Waals surface area contributed by atoms with Crippen LogP contribution in [-0.4, -0.2) is 43.8 Å². The minimum absolute atomic E-state index is 0.292. The Morgan fingerprint density at radius 3 is 2.52 bits per heavy atom. The van der Waals surface area contributed by atoms with Gasteiger partial charge in [-0.3, -0.25) is 4.90 Å². The van der Waals surface area contributed by atoms with Crippen molar-refractivity contribution in [2.24, 2.45) is 11.7 Å². The van der Waals surface area contributed by atoms with E-state index in [0.717, 1.165) is 37.7 Å². The van der Waals surface area contributed by atoms with Gasteiger partial charge < -0.3 is 15.2 Å². The van der Waals surface area contributed by atoms with Crippen LogP contribution in [0, 0.1) is 5.92 Å². The van der Waals surface area contributed by atoms with E-state index in [1.807, 2.05) is 31.2 Å². The topological polar surface area (TPSA) is 47.7 Å². The first-order valence-electron chi connectivity index (χ1n) is 8.02. The molecule has 1 aromatic carbocycles. The van der Waals surface area contributed by atoms with Crippen LogP contribution in [-0.2, 0) is 0 Å². The van der Waals surface area contributed by atoms with Crippen molar-refractivity contribution in [3.8, 4) is 11.5 Å². The summed E-state index contributed by atoms with van der Waals surface area (Å²) in [6, 6.07) is 8.12. The molecule has 0 aliphatic carbocycles.